The van der Waals surface area contributed by atoms with E-state index < -0.39 is 0 Å². The molecule has 2 aliphatic carbocycles. The number of hydrogen-bond donors (Lipinski definition) is 1. The van der Waals surface area contributed by atoms with E-state index in [1.165, 1.54) is 49.9 Å². The Kier molecular flexibility index (Phi) is 5.20. The van der Waals surface area contributed by atoms with Gasteiger partial charge >= 0.3 is 0 Å². The summed E-state index contributed by atoms with van der Waals surface area (Å²) >= 11 is 0. The molecular formula is C22H29FN2O2. The molecule has 0 aromatic heterocycles. The van der Waals surface area contributed by atoms with Gasteiger partial charge in [-0.1, -0.05) is 6.42 Å². The Balaban J connectivity index is 1.26. The molecule has 0 spiro atoms. The Labute approximate surface area is 160 Å². The minimum absolute atomic E-state index is 0.0108. The van der Waals surface area contributed by atoms with E-state index in [0.29, 0.717) is 37.4 Å². The fourth-order valence-corrected chi connectivity index (χ4v) is 5.48. The highest BCUT2D eigenvalue weighted by Crippen LogP contribution is 2.49. The van der Waals surface area contributed by atoms with Gasteiger partial charge in [-0.3, -0.25) is 9.59 Å². The zero-order chi connectivity index (χ0) is 19.0. The first-order chi connectivity index (χ1) is 13.0. The maximum absolute atomic E-state index is 13.0. The summed E-state index contributed by atoms with van der Waals surface area (Å²) in [6, 6.07) is 5.92. The van der Waals surface area contributed by atoms with Crippen LogP contribution in [0.4, 0.5) is 4.39 Å². The highest BCUT2D eigenvalue weighted by Gasteiger charge is 2.42. The lowest BCUT2D eigenvalue weighted by molar-refractivity contribution is -0.127. The maximum atomic E-state index is 13.0. The Morgan fingerprint density at radius 3 is 2.37 bits per heavy atom. The molecule has 4 nitrogen and oxygen atoms in total. The predicted octanol–water partition coefficient (Wildman–Crippen LogP) is 3.62. The topological polar surface area (TPSA) is 49.4 Å². The second-order valence-corrected chi connectivity index (χ2v) is 8.71. The van der Waals surface area contributed by atoms with Crippen LogP contribution in [0.1, 0.15) is 55.8 Å². The zero-order valence-electron chi connectivity index (χ0n) is 16.0. The van der Waals surface area contributed by atoms with E-state index in [-0.39, 0.29) is 29.6 Å². The number of likely N-dealkylation sites (tertiary alicyclic amines) is 1. The summed E-state index contributed by atoms with van der Waals surface area (Å²) in [5.74, 6) is 2.06. The summed E-state index contributed by atoms with van der Waals surface area (Å²) < 4.78 is 13.0. The lowest BCUT2D eigenvalue weighted by Crippen LogP contribution is -2.47. The Morgan fingerprint density at radius 1 is 1.07 bits per heavy atom. The van der Waals surface area contributed by atoms with E-state index >= 15 is 0 Å². The third-order valence-corrected chi connectivity index (χ3v) is 7.05. The number of nitrogens with one attached hydrogen (secondary N) is 1. The molecule has 1 saturated heterocycles. The zero-order valence-corrected chi connectivity index (χ0v) is 16.0. The summed E-state index contributed by atoms with van der Waals surface area (Å²) in [4.78, 5) is 27.0. The van der Waals surface area contributed by atoms with Crippen LogP contribution in [0, 0.1) is 29.5 Å². The van der Waals surface area contributed by atoms with Crippen molar-refractivity contribution in [2.45, 2.75) is 51.5 Å². The van der Waals surface area contributed by atoms with E-state index in [2.05, 4.69) is 12.2 Å². The van der Waals surface area contributed by atoms with Crippen molar-refractivity contribution < 1.29 is 14.0 Å². The van der Waals surface area contributed by atoms with E-state index in [4.69, 9.17) is 0 Å². The molecule has 1 heterocycles. The van der Waals surface area contributed by atoms with Crippen molar-refractivity contribution in [2.75, 3.05) is 13.1 Å². The molecule has 2 saturated carbocycles. The Morgan fingerprint density at radius 2 is 1.78 bits per heavy atom. The number of fused-ring (bicyclic) bond motifs is 2. The summed E-state index contributed by atoms with van der Waals surface area (Å²) in [6.45, 7) is 3.32. The molecule has 1 aromatic rings. The van der Waals surface area contributed by atoms with Crippen molar-refractivity contribution in [1.82, 2.24) is 10.2 Å². The number of rotatable bonds is 4. The van der Waals surface area contributed by atoms with Crippen LogP contribution in [0.2, 0.25) is 0 Å². The first-order valence-electron chi connectivity index (χ1n) is 10.4. The number of benzene rings is 1. The van der Waals surface area contributed by atoms with E-state index in [1.54, 1.807) is 4.90 Å². The number of amides is 2. The van der Waals surface area contributed by atoms with Gasteiger partial charge in [0.05, 0.1) is 0 Å². The normalized spacial score (nSPS) is 29.0. The molecule has 3 aliphatic rings. The van der Waals surface area contributed by atoms with Crippen LogP contribution in [0.25, 0.3) is 0 Å². The van der Waals surface area contributed by atoms with Crippen molar-refractivity contribution >= 4 is 11.8 Å². The largest absolute Gasteiger partial charge is 0.353 e. The van der Waals surface area contributed by atoms with Gasteiger partial charge < -0.3 is 10.2 Å². The van der Waals surface area contributed by atoms with Gasteiger partial charge in [-0.25, -0.2) is 4.39 Å². The fourth-order valence-electron chi connectivity index (χ4n) is 5.48. The van der Waals surface area contributed by atoms with Gasteiger partial charge in [0.2, 0.25) is 5.91 Å². The second kappa shape index (κ2) is 7.61. The average Bonchev–Trinajstić information content (AvgIpc) is 3.32. The number of nitrogens with zero attached hydrogens (tertiary/aromatic N) is 1. The van der Waals surface area contributed by atoms with Gasteiger partial charge in [-0.2, -0.15) is 0 Å². The summed E-state index contributed by atoms with van der Waals surface area (Å²) in [5, 5.41) is 3.27. The average molecular weight is 372 g/mol. The summed E-state index contributed by atoms with van der Waals surface area (Å²) in [7, 11) is 0. The Bertz CT molecular complexity index is 697. The monoisotopic (exact) mass is 372 g/mol. The molecule has 4 rings (SSSR count). The Hall–Kier alpha value is -1.91. The van der Waals surface area contributed by atoms with Gasteiger partial charge in [-0.05, 0) is 81.0 Å². The molecule has 3 fully saturated rings. The van der Waals surface area contributed by atoms with Crippen molar-refractivity contribution in [3.8, 4) is 0 Å². The molecule has 4 atom stereocenters. The van der Waals surface area contributed by atoms with Crippen molar-refractivity contribution in [3.05, 3.63) is 35.6 Å². The number of carbonyl (C=O) groups excluding carboxylic acids is 2. The SMILES string of the molecule is C[C@H](NC(=O)C1CCN(C(=O)c2ccc(F)cc2)CC1)[C@@H]1C[C@H]2CC[C@H]1C2. The van der Waals surface area contributed by atoms with E-state index in [0.717, 1.165) is 11.8 Å². The minimum atomic E-state index is -0.341. The third-order valence-electron chi connectivity index (χ3n) is 7.05. The molecule has 1 aliphatic heterocycles. The third kappa shape index (κ3) is 3.87. The molecule has 27 heavy (non-hydrogen) atoms. The van der Waals surface area contributed by atoms with Crippen LogP contribution in [-0.4, -0.2) is 35.8 Å². The minimum Gasteiger partial charge on any atom is -0.353 e. The molecule has 146 valence electrons. The molecular weight excluding hydrogens is 343 g/mol. The second-order valence-electron chi connectivity index (χ2n) is 8.71. The van der Waals surface area contributed by atoms with Crippen LogP contribution in [0.15, 0.2) is 24.3 Å². The highest BCUT2D eigenvalue weighted by molar-refractivity contribution is 5.94. The van der Waals surface area contributed by atoms with Gasteiger partial charge in [0.1, 0.15) is 5.82 Å². The smallest absolute Gasteiger partial charge is 0.253 e. The predicted molar refractivity (Wildman–Crippen MR) is 102 cm³/mol. The molecule has 1 aromatic carbocycles. The number of halogens is 1. The summed E-state index contributed by atoms with van der Waals surface area (Å²) in [6.07, 6.45) is 6.73. The van der Waals surface area contributed by atoms with Gasteiger partial charge in [0.25, 0.3) is 5.91 Å². The van der Waals surface area contributed by atoms with Gasteiger partial charge in [0, 0.05) is 30.6 Å². The van der Waals surface area contributed by atoms with Gasteiger partial charge in [-0.15, -0.1) is 0 Å². The molecule has 1 N–H and O–H groups in total. The van der Waals surface area contributed by atoms with Crippen LogP contribution in [-0.2, 0) is 4.79 Å². The first kappa shape index (κ1) is 18.5. The lowest BCUT2D eigenvalue weighted by atomic mass is 9.83. The number of piperidine rings is 1. The molecule has 2 amide bonds. The maximum Gasteiger partial charge on any atom is 0.253 e. The number of carbonyl (C=O) groups is 2. The molecule has 2 bridgehead atoms. The van der Waals surface area contributed by atoms with Crippen LogP contribution in [0.3, 0.4) is 0 Å². The van der Waals surface area contributed by atoms with Gasteiger partial charge in [0.15, 0.2) is 0 Å². The van der Waals surface area contributed by atoms with E-state index in [1.807, 2.05) is 0 Å². The fraction of sp³-hybridized carbons (Fsp3) is 0.636. The van der Waals surface area contributed by atoms with Crippen LogP contribution >= 0.6 is 0 Å². The van der Waals surface area contributed by atoms with Crippen LogP contribution in [0.5, 0.6) is 0 Å². The lowest BCUT2D eigenvalue weighted by Gasteiger charge is -2.34. The van der Waals surface area contributed by atoms with Crippen molar-refractivity contribution in [2.24, 2.45) is 23.7 Å². The van der Waals surface area contributed by atoms with Crippen LogP contribution < -0.4 is 5.32 Å². The van der Waals surface area contributed by atoms with Crippen molar-refractivity contribution in [1.29, 1.82) is 0 Å². The molecule has 0 radical (unpaired) electrons. The summed E-state index contributed by atoms with van der Waals surface area (Å²) in [5.41, 5.74) is 0.504. The number of hydrogen-bond acceptors (Lipinski definition) is 2. The quantitative estimate of drug-likeness (QED) is 0.878. The first-order valence-corrected chi connectivity index (χ1v) is 10.4. The molecule has 0 unspecified atom stereocenters. The molecule has 5 heteroatoms. The highest BCUT2D eigenvalue weighted by atomic mass is 19.1. The van der Waals surface area contributed by atoms with E-state index in [9.17, 15) is 14.0 Å². The standard InChI is InChI=1S/C22H29FN2O2/c1-14(20-13-15-2-3-18(20)12-15)24-21(26)16-8-10-25(11-9-16)22(27)17-4-6-19(23)7-5-17/h4-7,14-16,18,20H,2-3,8-13H2,1H3,(H,24,26)/t14-,15-,18-,20-/m0/s1. The van der Waals surface area contributed by atoms with Crippen molar-refractivity contribution in [3.63, 3.8) is 0 Å².